The molecule has 0 saturated heterocycles. The van der Waals surface area contributed by atoms with Gasteiger partial charge >= 0.3 is 5.97 Å². The van der Waals surface area contributed by atoms with Gasteiger partial charge in [0.05, 0.1) is 17.8 Å². The lowest BCUT2D eigenvalue weighted by atomic mass is 10.1. The van der Waals surface area contributed by atoms with E-state index in [0.717, 1.165) is 27.7 Å². The van der Waals surface area contributed by atoms with E-state index in [9.17, 15) is 9.59 Å². The van der Waals surface area contributed by atoms with Crippen LogP contribution in [0.15, 0.2) is 78.9 Å². The van der Waals surface area contributed by atoms with Crippen LogP contribution in [0.3, 0.4) is 0 Å². The number of halogens is 1. The SMILES string of the molecule is CC(C)(OCc1ccc(/C=C/Cc2nn(C(=O)c3ccc(Cl)cc3)c3ccccc23)cc1)C(=O)O. The summed E-state index contributed by atoms with van der Waals surface area (Å²) in [4.78, 5) is 24.2. The molecule has 0 atom stereocenters. The third-order valence-corrected chi connectivity index (χ3v) is 5.92. The minimum Gasteiger partial charge on any atom is -0.479 e. The zero-order valence-corrected chi connectivity index (χ0v) is 20.2. The normalized spacial score (nSPS) is 11.9. The molecule has 0 unspecified atom stereocenters. The van der Waals surface area contributed by atoms with Crippen molar-refractivity contribution in [2.75, 3.05) is 0 Å². The van der Waals surface area contributed by atoms with Crippen molar-refractivity contribution in [3.8, 4) is 0 Å². The maximum Gasteiger partial charge on any atom is 0.335 e. The van der Waals surface area contributed by atoms with Crippen LogP contribution in [0.4, 0.5) is 0 Å². The third kappa shape index (κ3) is 5.67. The molecule has 35 heavy (non-hydrogen) atoms. The molecule has 4 aromatic rings. The van der Waals surface area contributed by atoms with E-state index >= 15 is 0 Å². The second-order valence-electron chi connectivity index (χ2n) is 8.64. The first-order valence-electron chi connectivity index (χ1n) is 11.1. The molecule has 0 amide bonds. The number of fused-ring (bicyclic) bond motifs is 1. The maximum absolute atomic E-state index is 13.1. The third-order valence-electron chi connectivity index (χ3n) is 5.66. The summed E-state index contributed by atoms with van der Waals surface area (Å²) < 4.78 is 6.93. The summed E-state index contributed by atoms with van der Waals surface area (Å²) >= 11 is 5.95. The summed E-state index contributed by atoms with van der Waals surface area (Å²) in [7, 11) is 0. The Hall–Kier alpha value is -3.74. The number of benzene rings is 3. The summed E-state index contributed by atoms with van der Waals surface area (Å²) in [5, 5.41) is 15.3. The van der Waals surface area contributed by atoms with Gasteiger partial charge in [0, 0.05) is 22.4 Å². The second kappa shape index (κ2) is 10.3. The lowest BCUT2D eigenvalue weighted by Crippen LogP contribution is -2.34. The molecule has 0 aliphatic heterocycles. The van der Waals surface area contributed by atoms with E-state index in [4.69, 9.17) is 21.4 Å². The van der Waals surface area contributed by atoms with Crippen molar-refractivity contribution in [3.63, 3.8) is 0 Å². The molecule has 4 rings (SSSR count). The first-order valence-corrected chi connectivity index (χ1v) is 11.5. The largest absolute Gasteiger partial charge is 0.479 e. The van der Waals surface area contributed by atoms with Gasteiger partial charge in [0.25, 0.3) is 5.91 Å². The predicted molar refractivity (Wildman–Crippen MR) is 137 cm³/mol. The average Bonchev–Trinajstić information content (AvgIpc) is 3.22. The molecule has 3 aromatic carbocycles. The minimum atomic E-state index is -1.24. The number of aliphatic carboxylic acids is 1. The Balaban J connectivity index is 1.47. The van der Waals surface area contributed by atoms with Crippen LogP contribution >= 0.6 is 11.6 Å². The van der Waals surface area contributed by atoms with Crippen LogP contribution in [-0.2, 0) is 22.6 Å². The fraction of sp³-hybridized carbons (Fsp3) is 0.179. The molecular weight excluding hydrogens is 464 g/mol. The lowest BCUT2D eigenvalue weighted by molar-refractivity contribution is -0.162. The van der Waals surface area contributed by atoms with E-state index in [1.165, 1.54) is 18.5 Å². The number of carbonyl (C=O) groups is 2. The van der Waals surface area contributed by atoms with Gasteiger partial charge in [-0.1, -0.05) is 66.2 Å². The van der Waals surface area contributed by atoms with Crippen molar-refractivity contribution in [1.82, 2.24) is 9.78 Å². The lowest BCUT2D eigenvalue weighted by Gasteiger charge is -2.20. The van der Waals surface area contributed by atoms with E-state index in [1.807, 2.05) is 60.7 Å². The van der Waals surface area contributed by atoms with Gasteiger partial charge in [-0.2, -0.15) is 9.78 Å². The van der Waals surface area contributed by atoms with E-state index in [1.54, 1.807) is 24.3 Å². The van der Waals surface area contributed by atoms with Crippen molar-refractivity contribution >= 4 is 40.5 Å². The van der Waals surface area contributed by atoms with Crippen LogP contribution in [0.2, 0.25) is 5.02 Å². The number of hydrogen-bond donors (Lipinski definition) is 1. The topological polar surface area (TPSA) is 81.4 Å². The number of carboxylic acids is 1. The molecule has 0 bridgehead atoms. The van der Waals surface area contributed by atoms with Gasteiger partial charge in [-0.3, -0.25) is 4.79 Å². The Kier molecular flexibility index (Phi) is 7.15. The Labute approximate surface area is 208 Å². The number of nitrogens with zero attached hydrogens (tertiary/aromatic N) is 2. The van der Waals surface area contributed by atoms with Gasteiger partial charge in [-0.25, -0.2) is 4.79 Å². The summed E-state index contributed by atoms with van der Waals surface area (Å²) in [5.41, 5.74) is 2.72. The van der Waals surface area contributed by atoms with Crippen molar-refractivity contribution in [2.45, 2.75) is 32.5 Å². The van der Waals surface area contributed by atoms with Crippen LogP contribution in [-0.4, -0.2) is 32.4 Å². The predicted octanol–water partition coefficient (Wildman–Crippen LogP) is 6.01. The summed E-state index contributed by atoms with van der Waals surface area (Å²) in [6.45, 7) is 3.27. The average molecular weight is 489 g/mol. The number of ether oxygens (including phenoxy) is 1. The van der Waals surface area contributed by atoms with E-state index in [0.29, 0.717) is 17.0 Å². The fourth-order valence-electron chi connectivity index (χ4n) is 3.51. The van der Waals surface area contributed by atoms with E-state index in [2.05, 4.69) is 5.10 Å². The molecule has 0 spiro atoms. The molecule has 1 aromatic heterocycles. The molecule has 0 radical (unpaired) electrons. The molecule has 6 nitrogen and oxygen atoms in total. The van der Waals surface area contributed by atoms with Crippen molar-refractivity contribution < 1.29 is 19.4 Å². The number of carboxylic acid groups (broad SMARTS) is 1. The summed E-state index contributed by atoms with van der Waals surface area (Å²) in [5.74, 6) is -1.21. The molecule has 1 heterocycles. The monoisotopic (exact) mass is 488 g/mol. The number of allylic oxidation sites excluding steroid dienone is 1. The Bertz CT molecular complexity index is 1390. The number of aromatic nitrogens is 2. The number of hydrogen-bond acceptors (Lipinski definition) is 4. The highest BCUT2D eigenvalue weighted by molar-refractivity contribution is 6.30. The van der Waals surface area contributed by atoms with Crippen molar-refractivity contribution in [1.29, 1.82) is 0 Å². The first kappa shape index (κ1) is 24.4. The summed E-state index contributed by atoms with van der Waals surface area (Å²) in [6.07, 6.45) is 4.55. The quantitative estimate of drug-likeness (QED) is 0.328. The molecule has 1 N–H and O–H groups in total. The van der Waals surface area contributed by atoms with Gasteiger partial charge in [0.2, 0.25) is 0 Å². The Morgan fingerprint density at radius 2 is 1.71 bits per heavy atom. The van der Waals surface area contributed by atoms with Crippen LogP contribution in [0.5, 0.6) is 0 Å². The molecule has 0 aliphatic carbocycles. The smallest absolute Gasteiger partial charge is 0.335 e. The van der Waals surface area contributed by atoms with Gasteiger partial charge < -0.3 is 9.84 Å². The van der Waals surface area contributed by atoms with Crippen LogP contribution < -0.4 is 0 Å². The standard InChI is InChI=1S/C28H25ClN2O4/c1-28(2,27(33)34)35-18-20-12-10-19(11-13-20)6-5-8-24-23-7-3-4-9-25(23)31(30-24)26(32)21-14-16-22(29)17-15-21/h3-7,9-17H,8,18H2,1-2H3,(H,33,34)/b6-5+. The van der Waals surface area contributed by atoms with Gasteiger partial charge in [0.1, 0.15) is 0 Å². The summed E-state index contributed by atoms with van der Waals surface area (Å²) in [6, 6.07) is 22.1. The Morgan fingerprint density at radius 3 is 2.40 bits per heavy atom. The number of para-hydroxylation sites is 1. The zero-order chi connectivity index (χ0) is 25.0. The first-order chi connectivity index (χ1) is 16.7. The Morgan fingerprint density at radius 1 is 1.03 bits per heavy atom. The fourth-order valence-corrected chi connectivity index (χ4v) is 3.63. The molecule has 0 fully saturated rings. The maximum atomic E-state index is 13.1. The van der Waals surface area contributed by atoms with Crippen LogP contribution in [0, 0.1) is 0 Å². The van der Waals surface area contributed by atoms with Crippen molar-refractivity contribution in [2.24, 2.45) is 0 Å². The highest BCUT2D eigenvalue weighted by Crippen LogP contribution is 2.21. The van der Waals surface area contributed by atoms with Gasteiger partial charge in [-0.15, -0.1) is 0 Å². The second-order valence-corrected chi connectivity index (χ2v) is 9.08. The van der Waals surface area contributed by atoms with Crippen molar-refractivity contribution in [3.05, 3.63) is 106 Å². The number of carbonyl (C=O) groups excluding carboxylic acids is 1. The van der Waals surface area contributed by atoms with Gasteiger partial charge in [-0.05, 0) is 55.3 Å². The zero-order valence-electron chi connectivity index (χ0n) is 19.4. The van der Waals surface area contributed by atoms with Gasteiger partial charge in [0.15, 0.2) is 5.60 Å². The number of rotatable bonds is 8. The molecule has 178 valence electrons. The minimum absolute atomic E-state index is 0.211. The molecule has 7 heteroatoms. The molecular formula is C28H25ClN2O4. The highest BCUT2D eigenvalue weighted by Gasteiger charge is 2.27. The van der Waals surface area contributed by atoms with Crippen LogP contribution in [0.25, 0.3) is 17.0 Å². The molecule has 0 aliphatic rings. The van der Waals surface area contributed by atoms with E-state index < -0.39 is 11.6 Å². The van der Waals surface area contributed by atoms with E-state index in [-0.39, 0.29) is 12.5 Å². The van der Waals surface area contributed by atoms with Crippen LogP contribution in [0.1, 0.15) is 41.0 Å². The highest BCUT2D eigenvalue weighted by atomic mass is 35.5. The molecule has 0 saturated carbocycles.